The summed E-state index contributed by atoms with van der Waals surface area (Å²) in [6.07, 6.45) is -1.24. The Labute approximate surface area is 116 Å². The predicted molar refractivity (Wildman–Crippen MR) is 69.6 cm³/mol. The molecule has 0 saturated heterocycles. The first-order chi connectivity index (χ1) is 8.50. The third kappa shape index (κ3) is 2.55. The van der Waals surface area contributed by atoms with Crippen LogP contribution in [0.15, 0.2) is 40.9 Å². The summed E-state index contributed by atoms with van der Waals surface area (Å²) in [5, 5.41) is 10.2. The van der Waals surface area contributed by atoms with Gasteiger partial charge in [-0.3, -0.25) is 0 Å². The highest BCUT2D eigenvalue weighted by Crippen LogP contribution is 2.35. The Morgan fingerprint density at radius 3 is 2.28 bits per heavy atom. The van der Waals surface area contributed by atoms with Crippen molar-refractivity contribution < 1.29 is 13.9 Å². The van der Waals surface area contributed by atoms with Crippen LogP contribution in [0, 0.1) is 11.6 Å². The zero-order valence-corrected chi connectivity index (χ0v) is 11.3. The third-order valence-electron chi connectivity index (χ3n) is 2.54. The molecule has 0 amide bonds. The van der Waals surface area contributed by atoms with Crippen molar-refractivity contribution in [1.29, 1.82) is 0 Å². The van der Waals surface area contributed by atoms with E-state index in [4.69, 9.17) is 11.6 Å². The van der Waals surface area contributed by atoms with Crippen LogP contribution in [0.25, 0.3) is 0 Å². The molecular formula is C13H8BrClF2O. The van der Waals surface area contributed by atoms with Gasteiger partial charge >= 0.3 is 0 Å². The first-order valence-electron chi connectivity index (χ1n) is 5.07. The molecule has 0 radical (unpaired) electrons. The van der Waals surface area contributed by atoms with E-state index in [1.165, 1.54) is 36.4 Å². The molecular weight excluding hydrogens is 325 g/mol. The summed E-state index contributed by atoms with van der Waals surface area (Å²) in [7, 11) is 0. The first-order valence-corrected chi connectivity index (χ1v) is 6.24. The molecule has 0 aliphatic rings. The van der Waals surface area contributed by atoms with Crippen molar-refractivity contribution in [2.45, 2.75) is 6.10 Å². The minimum atomic E-state index is -1.24. The fourth-order valence-corrected chi connectivity index (χ4v) is 2.21. The zero-order valence-electron chi connectivity index (χ0n) is 9.00. The van der Waals surface area contributed by atoms with Crippen LogP contribution in [0.5, 0.6) is 0 Å². The molecule has 0 aliphatic carbocycles. The van der Waals surface area contributed by atoms with E-state index in [1.807, 2.05) is 0 Å². The third-order valence-corrected chi connectivity index (χ3v) is 3.83. The normalized spacial score (nSPS) is 12.5. The lowest BCUT2D eigenvalue weighted by molar-refractivity contribution is 0.215. The number of hydrogen-bond acceptors (Lipinski definition) is 1. The van der Waals surface area contributed by atoms with E-state index in [0.717, 1.165) is 0 Å². The molecule has 94 valence electrons. The van der Waals surface area contributed by atoms with Crippen LogP contribution < -0.4 is 0 Å². The number of aliphatic hydroxyl groups excluding tert-OH is 1. The molecule has 1 N–H and O–H groups in total. The van der Waals surface area contributed by atoms with E-state index >= 15 is 0 Å². The lowest BCUT2D eigenvalue weighted by Gasteiger charge is -2.15. The lowest BCUT2D eigenvalue weighted by atomic mass is 10.0. The van der Waals surface area contributed by atoms with Crippen LogP contribution in [-0.4, -0.2) is 5.11 Å². The van der Waals surface area contributed by atoms with Crippen molar-refractivity contribution in [2.75, 3.05) is 0 Å². The van der Waals surface area contributed by atoms with E-state index in [0.29, 0.717) is 10.0 Å². The largest absolute Gasteiger partial charge is 0.383 e. The van der Waals surface area contributed by atoms with Gasteiger partial charge in [0.15, 0.2) is 0 Å². The first kappa shape index (κ1) is 13.5. The standard InChI is InChI=1S/C13H8BrClF2O/c14-9-5-6-10(17)11(12(9)15)13(18)7-1-3-8(16)4-2-7/h1-6,13,18H. The van der Waals surface area contributed by atoms with Crippen molar-refractivity contribution in [3.8, 4) is 0 Å². The highest BCUT2D eigenvalue weighted by atomic mass is 79.9. The van der Waals surface area contributed by atoms with Crippen LogP contribution in [0.4, 0.5) is 8.78 Å². The van der Waals surface area contributed by atoms with Gasteiger partial charge in [0.1, 0.15) is 17.7 Å². The van der Waals surface area contributed by atoms with E-state index in [1.54, 1.807) is 0 Å². The highest BCUT2D eigenvalue weighted by molar-refractivity contribution is 9.10. The van der Waals surface area contributed by atoms with Gasteiger partial charge in [0.25, 0.3) is 0 Å². The maximum atomic E-state index is 13.7. The number of aliphatic hydroxyl groups is 1. The molecule has 2 rings (SSSR count). The van der Waals surface area contributed by atoms with Crippen LogP contribution in [-0.2, 0) is 0 Å². The van der Waals surface area contributed by atoms with Gasteiger partial charge in [-0.1, -0.05) is 23.7 Å². The van der Waals surface area contributed by atoms with Crippen molar-refractivity contribution in [2.24, 2.45) is 0 Å². The molecule has 0 aromatic heterocycles. The maximum absolute atomic E-state index is 13.7. The number of halogens is 4. The molecule has 1 atom stereocenters. The van der Waals surface area contributed by atoms with Crippen LogP contribution in [0.1, 0.15) is 17.2 Å². The fourth-order valence-electron chi connectivity index (χ4n) is 1.61. The second kappa shape index (κ2) is 5.34. The van der Waals surface area contributed by atoms with Gasteiger partial charge in [-0.2, -0.15) is 0 Å². The second-order valence-electron chi connectivity index (χ2n) is 3.71. The Bertz CT molecular complexity index is 572. The molecule has 2 aromatic carbocycles. The molecule has 1 nitrogen and oxygen atoms in total. The average molecular weight is 334 g/mol. The Balaban J connectivity index is 2.49. The summed E-state index contributed by atoms with van der Waals surface area (Å²) in [5.41, 5.74) is 0.341. The topological polar surface area (TPSA) is 20.2 Å². The highest BCUT2D eigenvalue weighted by Gasteiger charge is 2.20. The van der Waals surface area contributed by atoms with Gasteiger partial charge in [0.05, 0.1) is 5.02 Å². The maximum Gasteiger partial charge on any atom is 0.130 e. The second-order valence-corrected chi connectivity index (χ2v) is 4.94. The summed E-state index contributed by atoms with van der Waals surface area (Å²) < 4.78 is 27.0. The summed E-state index contributed by atoms with van der Waals surface area (Å²) in [6.45, 7) is 0. The van der Waals surface area contributed by atoms with Gasteiger partial charge in [-0.15, -0.1) is 0 Å². The van der Waals surface area contributed by atoms with E-state index in [9.17, 15) is 13.9 Å². The Morgan fingerprint density at radius 2 is 1.67 bits per heavy atom. The molecule has 0 aliphatic heterocycles. The Morgan fingerprint density at radius 1 is 1.06 bits per heavy atom. The number of hydrogen-bond donors (Lipinski definition) is 1. The van der Waals surface area contributed by atoms with Gasteiger partial charge in [-0.05, 0) is 45.8 Å². The smallest absolute Gasteiger partial charge is 0.130 e. The average Bonchev–Trinajstić information content (AvgIpc) is 2.35. The molecule has 5 heteroatoms. The Hall–Kier alpha value is -0.970. The Kier molecular flexibility index (Phi) is 4.00. The SMILES string of the molecule is OC(c1ccc(F)cc1)c1c(F)ccc(Br)c1Cl. The van der Waals surface area contributed by atoms with E-state index in [-0.39, 0.29) is 10.6 Å². The minimum absolute atomic E-state index is 0.0300. The zero-order chi connectivity index (χ0) is 13.3. The lowest BCUT2D eigenvalue weighted by Crippen LogP contribution is -2.04. The monoisotopic (exact) mass is 332 g/mol. The molecule has 1 unspecified atom stereocenters. The predicted octanol–water partition coefficient (Wildman–Crippen LogP) is 4.46. The quantitative estimate of drug-likeness (QED) is 0.804. The van der Waals surface area contributed by atoms with Crippen molar-refractivity contribution >= 4 is 27.5 Å². The van der Waals surface area contributed by atoms with Gasteiger partial charge in [0, 0.05) is 10.0 Å². The molecule has 18 heavy (non-hydrogen) atoms. The summed E-state index contributed by atoms with van der Waals surface area (Å²) >= 11 is 9.12. The number of benzene rings is 2. The molecule has 0 fully saturated rings. The molecule has 0 bridgehead atoms. The fraction of sp³-hybridized carbons (Fsp3) is 0.0769. The summed E-state index contributed by atoms with van der Waals surface area (Å²) in [6, 6.07) is 7.83. The minimum Gasteiger partial charge on any atom is -0.383 e. The van der Waals surface area contributed by atoms with Crippen molar-refractivity contribution in [3.05, 3.63) is 68.7 Å². The summed E-state index contributed by atoms with van der Waals surface area (Å²) in [4.78, 5) is 0. The molecule has 0 saturated carbocycles. The van der Waals surface area contributed by atoms with Gasteiger partial charge < -0.3 is 5.11 Å². The summed E-state index contributed by atoms with van der Waals surface area (Å²) in [5.74, 6) is -1.04. The number of rotatable bonds is 2. The van der Waals surface area contributed by atoms with E-state index < -0.39 is 17.7 Å². The van der Waals surface area contributed by atoms with Crippen LogP contribution in [0.2, 0.25) is 5.02 Å². The van der Waals surface area contributed by atoms with Crippen LogP contribution >= 0.6 is 27.5 Å². The molecule has 0 heterocycles. The molecule has 0 spiro atoms. The molecule has 2 aromatic rings. The van der Waals surface area contributed by atoms with Crippen molar-refractivity contribution in [3.63, 3.8) is 0 Å². The van der Waals surface area contributed by atoms with Gasteiger partial charge in [0.2, 0.25) is 0 Å². The van der Waals surface area contributed by atoms with Crippen LogP contribution in [0.3, 0.4) is 0 Å². The van der Waals surface area contributed by atoms with E-state index in [2.05, 4.69) is 15.9 Å². The van der Waals surface area contributed by atoms with Gasteiger partial charge in [-0.25, -0.2) is 8.78 Å². The van der Waals surface area contributed by atoms with Crippen molar-refractivity contribution in [1.82, 2.24) is 0 Å².